The van der Waals surface area contributed by atoms with E-state index >= 15 is 0 Å². The summed E-state index contributed by atoms with van der Waals surface area (Å²) in [5, 5.41) is 0. The summed E-state index contributed by atoms with van der Waals surface area (Å²) in [6, 6.07) is 6.93. The maximum absolute atomic E-state index is 11.7. The highest BCUT2D eigenvalue weighted by atomic mass is 16.2. The second-order valence-corrected chi connectivity index (χ2v) is 3.76. The Kier molecular flexibility index (Phi) is 2.19. The molecule has 1 atom stereocenters. The van der Waals surface area contributed by atoms with Gasteiger partial charge in [0.25, 0.3) is 0 Å². The van der Waals surface area contributed by atoms with Crippen molar-refractivity contribution in [2.45, 2.75) is 5.92 Å². The summed E-state index contributed by atoms with van der Waals surface area (Å²) in [6.45, 7) is 0.193. The van der Waals surface area contributed by atoms with Crippen molar-refractivity contribution in [3.63, 3.8) is 0 Å². The van der Waals surface area contributed by atoms with Gasteiger partial charge in [-0.15, -0.1) is 0 Å². The van der Waals surface area contributed by atoms with E-state index in [9.17, 15) is 9.59 Å². The van der Waals surface area contributed by atoms with Crippen molar-refractivity contribution in [2.24, 2.45) is 0 Å². The largest absolute Gasteiger partial charge is 0.399 e. The lowest BCUT2D eigenvalue weighted by Gasteiger charge is -2.09. The summed E-state index contributed by atoms with van der Waals surface area (Å²) in [5.41, 5.74) is 6.88. The fourth-order valence-corrected chi connectivity index (χ4v) is 1.83. The van der Waals surface area contributed by atoms with Crippen molar-refractivity contribution in [3.05, 3.63) is 29.8 Å². The first-order valence-electron chi connectivity index (χ1n) is 4.72. The van der Waals surface area contributed by atoms with Gasteiger partial charge >= 0.3 is 0 Å². The number of carbonyl (C=O) groups is 2. The summed E-state index contributed by atoms with van der Waals surface area (Å²) < 4.78 is 0. The lowest BCUT2D eigenvalue weighted by molar-refractivity contribution is -0.128. The van der Waals surface area contributed by atoms with Crippen LogP contribution in [0, 0.1) is 0 Å². The summed E-state index contributed by atoms with van der Waals surface area (Å²) in [7, 11) is 1.63. The van der Waals surface area contributed by atoms with E-state index in [-0.39, 0.29) is 18.2 Å². The topological polar surface area (TPSA) is 63.4 Å². The average Bonchev–Trinajstić information content (AvgIpc) is 2.41. The molecule has 2 N–H and O–H groups in total. The number of Topliss-reactive ketones (excluding diaryl/α,β-unsaturated/α-hetero) is 1. The minimum atomic E-state index is -0.654. The van der Waals surface area contributed by atoms with Crippen molar-refractivity contribution in [1.82, 2.24) is 4.90 Å². The number of nitrogen functional groups attached to an aromatic ring is 1. The lowest BCUT2D eigenvalue weighted by atomic mass is 9.96. The number of hydrogen-bond donors (Lipinski definition) is 1. The van der Waals surface area contributed by atoms with Gasteiger partial charge < -0.3 is 10.6 Å². The number of nitrogens with zero attached hydrogens (tertiary/aromatic N) is 1. The minimum Gasteiger partial charge on any atom is -0.399 e. The first-order chi connectivity index (χ1) is 7.09. The van der Waals surface area contributed by atoms with Gasteiger partial charge in [0, 0.05) is 12.7 Å². The van der Waals surface area contributed by atoms with Gasteiger partial charge in [0.1, 0.15) is 5.92 Å². The van der Waals surface area contributed by atoms with Gasteiger partial charge in [-0.05, 0) is 17.7 Å². The normalized spacial score (nSPS) is 21.1. The molecule has 1 aromatic carbocycles. The Balaban J connectivity index is 2.39. The van der Waals surface area contributed by atoms with Crippen LogP contribution in [0.5, 0.6) is 0 Å². The van der Waals surface area contributed by atoms with Gasteiger partial charge in [-0.25, -0.2) is 0 Å². The molecule has 1 amide bonds. The zero-order chi connectivity index (χ0) is 11.0. The molecule has 0 radical (unpaired) electrons. The van der Waals surface area contributed by atoms with E-state index in [0.717, 1.165) is 0 Å². The molecule has 1 aliphatic heterocycles. The van der Waals surface area contributed by atoms with Crippen LogP contribution in [0.25, 0.3) is 0 Å². The van der Waals surface area contributed by atoms with Gasteiger partial charge in [0.2, 0.25) is 5.91 Å². The maximum Gasteiger partial charge on any atom is 0.237 e. The van der Waals surface area contributed by atoms with E-state index in [0.29, 0.717) is 11.3 Å². The molecular weight excluding hydrogens is 192 g/mol. The number of likely N-dealkylation sites (tertiary alicyclic amines) is 1. The van der Waals surface area contributed by atoms with Crippen LogP contribution in [0.2, 0.25) is 0 Å². The second kappa shape index (κ2) is 3.38. The number of anilines is 1. The molecule has 0 aromatic heterocycles. The van der Waals surface area contributed by atoms with Crippen molar-refractivity contribution in [2.75, 3.05) is 19.3 Å². The highest BCUT2D eigenvalue weighted by Crippen LogP contribution is 2.25. The predicted octanol–water partition coefficient (Wildman–Crippen LogP) is 0.394. The molecule has 1 aliphatic rings. The third kappa shape index (κ3) is 1.58. The van der Waals surface area contributed by atoms with E-state index in [1.807, 2.05) is 0 Å². The van der Waals surface area contributed by atoms with Crippen LogP contribution in [0.15, 0.2) is 24.3 Å². The molecule has 78 valence electrons. The standard InChI is InChI=1S/C11H12N2O2/c1-13-6-9(14)10(11(13)15)7-3-2-4-8(12)5-7/h2-5,10H,6,12H2,1H3. The van der Waals surface area contributed by atoms with E-state index in [2.05, 4.69) is 0 Å². The van der Waals surface area contributed by atoms with E-state index in [1.165, 1.54) is 4.90 Å². The number of rotatable bonds is 1. The lowest BCUT2D eigenvalue weighted by Crippen LogP contribution is -2.21. The first-order valence-corrected chi connectivity index (χ1v) is 4.72. The highest BCUT2D eigenvalue weighted by Gasteiger charge is 2.38. The van der Waals surface area contributed by atoms with Crippen molar-refractivity contribution >= 4 is 17.4 Å². The monoisotopic (exact) mass is 204 g/mol. The zero-order valence-corrected chi connectivity index (χ0v) is 8.43. The van der Waals surface area contributed by atoms with Gasteiger partial charge in [0.15, 0.2) is 5.78 Å². The molecule has 1 saturated heterocycles. The number of carbonyl (C=O) groups excluding carboxylic acids is 2. The number of benzene rings is 1. The number of nitrogens with two attached hydrogens (primary N) is 1. The molecule has 0 bridgehead atoms. The third-order valence-corrected chi connectivity index (χ3v) is 2.58. The zero-order valence-electron chi connectivity index (χ0n) is 8.43. The first kappa shape index (κ1) is 9.71. The number of ketones is 1. The Morgan fingerprint density at radius 2 is 2.13 bits per heavy atom. The average molecular weight is 204 g/mol. The van der Waals surface area contributed by atoms with E-state index in [4.69, 9.17) is 5.73 Å². The summed E-state index contributed by atoms with van der Waals surface area (Å²) in [5.74, 6) is -0.864. The van der Waals surface area contributed by atoms with Gasteiger partial charge in [-0.1, -0.05) is 12.1 Å². The van der Waals surface area contributed by atoms with E-state index in [1.54, 1.807) is 31.3 Å². The number of hydrogen-bond acceptors (Lipinski definition) is 3. The van der Waals surface area contributed by atoms with Crippen LogP contribution in [0.1, 0.15) is 11.5 Å². The summed E-state index contributed by atoms with van der Waals surface area (Å²) in [6.07, 6.45) is 0. The summed E-state index contributed by atoms with van der Waals surface area (Å²) >= 11 is 0. The van der Waals surface area contributed by atoms with Crippen LogP contribution in [-0.4, -0.2) is 30.2 Å². The molecule has 1 fully saturated rings. The maximum atomic E-state index is 11.7. The van der Waals surface area contributed by atoms with E-state index < -0.39 is 5.92 Å². The molecule has 2 rings (SSSR count). The Labute approximate surface area is 87.7 Å². The fourth-order valence-electron chi connectivity index (χ4n) is 1.83. The molecule has 4 heteroatoms. The van der Waals surface area contributed by atoms with Crippen LogP contribution in [0.3, 0.4) is 0 Å². The van der Waals surface area contributed by atoms with Crippen molar-refractivity contribution in [3.8, 4) is 0 Å². The number of amides is 1. The molecule has 1 unspecified atom stereocenters. The minimum absolute atomic E-state index is 0.0619. The molecule has 0 spiro atoms. The summed E-state index contributed by atoms with van der Waals surface area (Å²) in [4.78, 5) is 24.7. The Hall–Kier alpha value is -1.84. The second-order valence-electron chi connectivity index (χ2n) is 3.76. The highest BCUT2D eigenvalue weighted by molar-refractivity contribution is 6.13. The smallest absolute Gasteiger partial charge is 0.237 e. The van der Waals surface area contributed by atoms with Crippen LogP contribution in [-0.2, 0) is 9.59 Å². The van der Waals surface area contributed by atoms with Gasteiger partial charge in [-0.3, -0.25) is 9.59 Å². The van der Waals surface area contributed by atoms with Crippen LogP contribution in [0.4, 0.5) is 5.69 Å². The van der Waals surface area contributed by atoms with Crippen molar-refractivity contribution in [1.29, 1.82) is 0 Å². The predicted molar refractivity (Wildman–Crippen MR) is 56.2 cm³/mol. The van der Waals surface area contributed by atoms with Gasteiger partial charge in [0.05, 0.1) is 6.54 Å². The van der Waals surface area contributed by atoms with Crippen LogP contribution < -0.4 is 5.73 Å². The Bertz CT molecular complexity index is 428. The molecule has 1 heterocycles. The molecule has 0 aliphatic carbocycles. The number of likely N-dealkylation sites (N-methyl/N-ethyl adjacent to an activating group) is 1. The molecule has 0 saturated carbocycles. The fraction of sp³-hybridized carbons (Fsp3) is 0.273. The third-order valence-electron chi connectivity index (χ3n) is 2.58. The quantitative estimate of drug-likeness (QED) is 0.531. The molecule has 1 aromatic rings. The van der Waals surface area contributed by atoms with Crippen LogP contribution >= 0.6 is 0 Å². The Morgan fingerprint density at radius 3 is 2.67 bits per heavy atom. The van der Waals surface area contributed by atoms with Crippen molar-refractivity contribution < 1.29 is 9.59 Å². The van der Waals surface area contributed by atoms with Gasteiger partial charge in [-0.2, -0.15) is 0 Å². The molecular formula is C11H12N2O2. The molecule has 15 heavy (non-hydrogen) atoms. The Morgan fingerprint density at radius 1 is 1.40 bits per heavy atom. The SMILES string of the molecule is CN1CC(=O)C(c2cccc(N)c2)C1=O. The molecule has 4 nitrogen and oxygen atoms in total.